The van der Waals surface area contributed by atoms with Crippen LogP contribution < -0.4 is 14.8 Å². The largest absolute Gasteiger partial charge is 0.490 e. The van der Waals surface area contributed by atoms with Gasteiger partial charge in [-0.05, 0) is 37.3 Å². The predicted octanol–water partition coefficient (Wildman–Crippen LogP) is 3.01. The molecule has 1 aliphatic rings. The molecule has 0 saturated carbocycles. The molecule has 27 heavy (non-hydrogen) atoms. The van der Waals surface area contributed by atoms with Crippen molar-refractivity contribution in [2.45, 2.75) is 53.0 Å². The van der Waals surface area contributed by atoms with Crippen molar-refractivity contribution in [1.82, 2.24) is 10.2 Å². The summed E-state index contributed by atoms with van der Waals surface area (Å²) in [4.78, 5) is 26.3. The summed E-state index contributed by atoms with van der Waals surface area (Å²) in [6, 6.07) is 7.50. The Kier molecular flexibility index (Phi) is 7.51. The van der Waals surface area contributed by atoms with E-state index in [2.05, 4.69) is 26.1 Å². The highest BCUT2D eigenvalue weighted by molar-refractivity contribution is 5.78. The highest BCUT2D eigenvalue weighted by Crippen LogP contribution is 2.26. The molecule has 1 heterocycles. The number of carbonyl (C=O) groups is 2. The molecule has 0 radical (unpaired) electrons. The Morgan fingerprint density at radius 3 is 2.26 bits per heavy atom. The molecule has 1 aliphatic heterocycles. The van der Waals surface area contributed by atoms with Gasteiger partial charge >= 0.3 is 0 Å². The van der Waals surface area contributed by atoms with Gasteiger partial charge in [0.2, 0.25) is 5.91 Å². The fourth-order valence-electron chi connectivity index (χ4n) is 3.11. The van der Waals surface area contributed by atoms with Gasteiger partial charge in [-0.3, -0.25) is 9.59 Å². The van der Waals surface area contributed by atoms with Gasteiger partial charge in [0.15, 0.2) is 18.1 Å². The predicted molar refractivity (Wildman–Crippen MR) is 105 cm³/mol. The first-order valence-electron chi connectivity index (χ1n) is 9.70. The molecular formula is C21H32N2O4. The van der Waals surface area contributed by atoms with Gasteiger partial charge in [0.25, 0.3) is 5.91 Å². The number of ether oxygens (including phenoxy) is 2. The lowest BCUT2D eigenvalue weighted by molar-refractivity contribution is -0.134. The highest BCUT2D eigenvalue weighted by atomic mass is 16.5. The van der Waals surface area contributed by atoms with Gasteiger partial charge in [-0.1, -0.05) is 32.9 Å². The van der Waals surface area contributed by atoms with Crippen molar-refractivity contribution in [2.75, 3.05) is 26.3 Å². The van der Waals surface area contributed by atoms with E-state index < -0.39 is 0 Å². The number of hydrogen-bond acceptors (Lipinski definition) is 4. The van der Waals surface area contributed by atoms with Crippen LogP contribution in [0.1, 0.15) is 47.0 Å². The van der Waals surface area contributed by atoms with Crippen molar-refractivity contribution in [3.8, 4) is 11.5 Å². The summed E-state index contributed by atoms with van der Waals surface area (Å²) >= 11 is 0. The second-order valence-electron chi connectivity index (χ2n) is 8.13. The molecule has 0 spiro atoms. The molecule has 0 bridgehead atoms. The van der Waals surface area contributed by atoms with E-state index in [1.165, 1.54) is 0 Å². The summed E-state index contributed by atoms with van der Waals surface area (Å²) in [6.45, 7) is 9.87. The Morgan fingerprint density at radius 2 is 1.70 bits per heavy atom. The molecule has 2 rings (SSSR count). The lowest BCUT2D eigenvalue weighted by Crippen LogP contribution is -2.48. The van der Waals surface area contributed by atoms with Crippen molar-refractivity contribution < 1.29 is 19.1 Å². The van der Waals surface area contributed by atoms with Crippen LogP contribution in [0.15, 0.2) is 24.3 Å². The monoisotopic (exact) mass is 376 g/mol. The van der Waals surface area contributed by atoms with Crippen LogP contribution in [0.5, 0.6) is 11.5 Å². The van der Waals surface area contributed by atoms with E-state index in [9.17, 15) is 9.59 Å². The van der Waals surface area contributed by atoms with Crippen LogP contribution in [0.2, 0.25) is 0 Å². The number of nitrogens with zero attached hydrogens (tertiary/aromatic N) is 1. The first-order chi connectivity index (χ1) is 12.8. The second kappa shape index (κ2) is 9.62. The van der Waals surface area contributed by atoms with Gasteiger partial charge in [-0.15, -0.1) is 0 Å². The average Bonchev–Trinajstić information content (AvgIpc) is 2.60. The molecule has 1 N–H and O–H groups in total. The third-order valence-corrected chi connectivity index (χ3v) is 4.40. The Balaban J connectivity index is 1.76. The second-order valence-corrected chi connectivity index (χ2v) is 8.13. The molecule has 0 unspecified atom stereocenters. The number of benzene rings is 1. The van der Waals surface area contributed by atoms with E-state index in [4.69, 9.17) is 9.47 Å². The van der Waals surface area contributed by atoms with Crippen LogP contribution in [-0.4, -0.2) is 49.1 Å². The highest BCUT2D eigenvalue weighted by Gasteiger charge is 2.25. The van der Waals surface area contributed by atoms with E-state index in [-0.39, 0.29) is 29.9 Å². The summed E-state index contributed by atoms with van der Waals surface area (Å²) in [5.74, 6) is 1.27. The molecule has 0 aromatic heterocycles. The zero-order valence-corrected chi connectivity index (χ0v) is 16.9. The van der Waals surface area contributed by atoms with Crippen LogP contribution >= 0.6 is 0 Å². The molecule has 6 nitrogen and oxygen atoms in total. The number of rotatable bonds is 7. The van der Waals surface area contributed by atoms with Crippen molar-refractivity contribution in [3.63, 3.8) is 0 Å². The normalized spacial score (nSPS) is 15.3. The SMILES string of the molecule is CCOc1ccccc1OCC(=O)N1CCC(NC(=O)CC(C)(C)C)CC1. The summed E-state index contributed by atoms with van der Waals surface area (Å²) in [5.41, 5.74) is -0.0180. The Labute approximate surface area is 162 Å². The number of likely N-dealkylation sites (tertiary alicyclic amines) is 1. The van der Waals surface area contributed by atoms with Gasteiger partial charge < -0.3 is 19.7 Å². The number of piperidine rings is 1. The molecule has 150 valence electrons. The minimum atomic E-state index is -0.0410. The number of carbonyl (C=O) groups excluding carboxylic acids is 2. The standard InChI is InChI=1S/C21H32N2O4/c1-5-26-17-8-6-7-9-18(17)27-15-20(25)23-12-10-16(11-13-23)22-19(24)14-21(2,3)4/h6-9,16H,5,10-15H2,1-4H3,(H,22,24). The van der Waals surface area contributed by atoms with E-state index >= 15 is 0 Å². The molecule has 2 amide bonds. The van der Waals surface area contributed by atoms with E-state index in [0.717, 1.165) is 12.8 Å². The van der Waals surface area contributed by atoms with Crippen molar-refractivity contribution in [2.24, 2.45) is 5.41 Å². The molecule has 1 aromatic carbocycles. The van der Waals surface area contributed by atoms with Gasteiger partial charge in [0.1, 0.15) is 0 Å². The van der Waals surface area contributed by atoms with Crippen molar-refractivity contribution in [1.29, 1.82) is 0 Å². The number of amides is 2. The van der Waals surface area contributed by atoms with Gasteiger partial charge in [-0.25, -0.2) is 0 Å². The van der Waals surface area contributed by atoms with Crippen LogP contribution in [-0.2, 0) is 9.59 Å². The lowest BCUT2D eigenvalue weighted by Gasteiger charge is -2.33. The minimum Gasteiger partial charge on any atom is -0.490 e. The van der Waals surface area contributed by atoms with E-state index in [1.54, 1.807) is 11.0 Å². The Hall–Kier alpha value is -2.24. The first-order valence-corrected chi connectivity index (χ1v) is 9.70. The van der Waals surface area contributed by atoms with Crippen LogP contribution in [0.25, 0.3) is 0 Å². The maximum absolute atomic E-state index is 12.4. The lowest BCUT2D eigenvalue weighted by atomic mass is 9.91. The number of para-hydroxylation sites is 2. The van der Waals surface area contributed by atoms with Gasteiger partial charge in [0, 0.05) is 25.6 Å². The molecule has 0 aliphatic carbocycles. The summed E-state index contributed by atoms with van der Waals surface area (Å²) in [7, 11) is 0. The number of hydrogen-bond donors (Lipinski definition) is 1. The molecule has 1 aromatic rings. The average molecular weight is 376 g/mol. The Bertz CT molecular complexity index is 631. The molecule has 6 heteroatoms. The van der Waals surface area contributed by atoms with E-state index in [1.807, 2.05) is 25.1 Å². The maximum Gasteiger partial charge on any atom is 0.260 e. The van der Waals surface area contributed by atoms with Crippen molar-refractivity contribution in [3.05, 3.63) is 24.3 Å². The first kappa shape index (κ1) is 21.1. The summed E-state index contributed by atoms with van der Waals surface area (Å²) < 4.78 is 11.2. The Morgan fingerprint density at radius 1 is 1.11 bits per heavy atom. The molecule has 0 atom stereocenters. The molecule has 1 fully saturated rings. The maximum atomic E-state index is 12.4. The fraction of sp³-hybridized carbons (Fsp3) is 0.619. The third-order valence-electron chi connectivity index (χ3n) is 4.40. The summed E-state index contributed by atoms with van der Waals surface area (Å²) in [5, 5.41) is 3.09. The van der Waals surface area contributed by atoms with Crippen LogP contribution in [0.4, 0.5) is 0 Å². The smallest absolute Gasteiger partial charge is 0.260 e. The zero-order chi connectivity index (χ0) is 19.9. The van der Waals surface area contributed by atoms with Crippen LogP contribution in [0, 0.1) is 5.41 Å². The van der Waals surface area contributed by atoms with Gasteiger partial charge in [-0.2, -0.15) is 0 Å². The van der Waals surface area contributed by atoms with Crippen LogP contribution in [0.3, 0.4) is 0 Å². The topological polar surface area (TPSA) is 67.9 Å². The van der Waals surface area contributed by atoms with Gasteiger partial charge in [0.05, 0.1) is 6.61 Å². The summed E-state index contributed by atoms with van der Waals surface area (Å²) in [6.07, 6.45) is 2.06. The molecular weight excluding hydrogens is 344 g/mol. The zero-order valence-electron chi connectivity index (χ0n) is 16.9. The van der Waals surface area contributed by atoms with Crippen molar-refractivity contribution >= 4 is 11.8 Å². The minimum absolute atomic E-state index is 0.00879. The quantitative estimate of drug-likeness (QED) is 0.794. The third kappa shape index (κ3) is 7.12. The fourth-order valence-corrected chi connectivity index (χ4v) is 3.11. The molecule has 1 saturated heterocycles. The number of nitrogens with one attached hydrogen (secondary N) is 1. The van der Waals surface area contributed by atoms with E-state index in [0.29, 0.717) is 37.6 Å².